The zero-order valence-electron chi connectivity index (χ0n) is 12.2. The van der Waals surface area contributed by atoms with Gasteiger partial charge in [0.05, 0.1) is 21.3 Å². The molecule has 6 heteroatoms. The SMILES string of the molecule is Cc1nc2ccc(NC(=O)N(C)CC(O)C3CC3)cc2s1. The molecule has 1 aliphatic carbocycles. The molecule has 1 aromatic carbocycles. The third kappa shape index (κ3) is 3.33. The van der Waals surface area contributed by atoms with Crippen molar-refractivity contribution >= 4 is 33.3 Å². The molecule has 1 fully saturated rings. The standard InChI is InChI=1S/C15H19N3O2S/c1-9-16-12-6-5-11(7-14(12)21-9)17-15(20)18(2)8-13(19)10-3-4-10/h5-7,10,13,19H,3-4,8H2,1-2H3,(H,17,20). The van der Waals surface area contributed by atoms with Crippen molar-refractivity contribution < 1.29 is 9.90 Å². The van der Waals surface area contributed by atoms with Gasteiger partial charge >= 0.3 is 6.03 Å². The molecule has 0 bridgehead atoms. The van der Waals surface area contributed by atoms with Crippen LogP contribution in [-0.2, 0) is 0 Å². The molecule has 1 saturated carbocycles. The molecular weight excluding hydrogens is 286 g/mol. The first-order valence-corrected chi connectivity index (χ1v) is 7.92. The number of aliphatic hydroxyl groups is 1. The second-order valence-electron chi connectivity index (χ2n) is 5.63. The van der Waals surface area contributed by atoms with Crippen LogP contribution in [0.3, 0.4) is 0 Å². The van der Waals surface area contributed by atoms with E-state index in [0.29, 0.717) is 12.5 Å². The van der Waals surface area contributed by atoms with E-state index in [1.807, 2.05) is 25.1 Å². The number of aryl methyl sites for hydroxylation is 1. The summed E-state index contributed by atoms with van der Waals surface area (Å²) in [5.41, 5.74) is 1.71. The summed E-state index contributed by atoms with van der Waals surface area (Å²) in [4.78, 5) is 18.1. The number of amides is 2. The highest BCUT2D eigenvalue weighted by Gasteiger charge is 2.31. The van der Waals surface area contributed by atoms with Crippen LogP contribution in [0.4, 0.5) is 10.5 Å². The largest absolute Gasteiger partial charge is 0.391 e. The molecule has 0 radical (unpaired) electrons. The predicted molar refractivity (Wildman–Crippen MR) is 84.7 cm³/mol. The van der Waals surface area contributed by atoms with Crippen LogP contribution >= 0.6 is 11.3 Å². The number of carbonyl (C=O) groups excluding carboxylic acids is 1. The van der Waals surface area contributed by atoms with Crippen molar-refractivity contribution in [3.05, 3.63) is 23.2 Å². The predicted octanol–water partition coefficient (Wildman–Crippen LogP) is 2.84. The number of hydrogen-bond donors (Lipinski definition) is 2. The van der Waals surface area contributed by atoms with Crippen LogP contribution in [-0.4, -0.2) is 40.7 Å². The van der Waals surface area contributed by atoms with Gasteiger partial charge in [-0.1, -0.05) is 0 Å². The second kappa shape index (κ2) is 5.61. The summed E-state index contributed by atoms with van der Waals surface area (Å²) >= 11 is 1.61. The van der Waals surface area contributed by atoms with Crippen molar-refractivity contribution in [1.82, 2.24) is 9.88 Å². The first-order valence-electron chi connectivity index (χ1n) is 7.10. The first kappa shape index (κ1) is 14.3. The Labute approximate surface area is 127 Å². The summed E-state index contributed by atoms with van der Waals surface area (Å²) in [7, 11) is 1.70. The number of hydrogen-bond acceptors (Lipinski definition) is 4. The molecule has 5 nitrogen and oxygen atoms in total. The Hall–Kier alpha value is -1.66. The molecule has 112 valence electrons. The van der Waals surface area contributed by atoms with Gasteiger partial charge in [0.15, 0.2) is 0 Å². The third-order valence-electron chi connectivity index (χ3n) is 3.72. The van der Waals surface area contributed by atoms with Crippen LogP contribution in [0.2, 0.25) is 0 Å². The lowest BCUT2D eigenvalue weighted by Crippen LogP contribution is -2.37. The van der Waals surface area contributed by atoms with Crippen molar-refractivity contribution in [2.75, 3.05) is 18.9 Å². The van der Waals surface area contributed by atoms with Gasteiger partial charge in [0.1, 0.15) is 0 Å². The maximum atomic E-state index is 12.1. The highest BCUT2D eigenvalue weighted by molar-refractivity contribution is 7.18. The average molecular weight is 305 g/mol. The Kier molecular flexibility index (Phi) is 3.82. The molecule has 1 unspecified atom stereocenters. The fourth-order valence-corrected chi connectivity index (χ4v) is 3.20. The summed E-state index contributed by atoms with van der Waals surface area (Å²) < 4.78 is 1.06. The number of fused-ring (bicyclic) bond motifs is 1. The smallest absolute Gasteiger partial charge is 0.321 e. The number of nitrogens with one attached hydrogen (secondary N) is 1. The zero-order chi connectivity index (χ0) is 15.0. The zero-order valence-corrected chi connectivity index (χ0v) is 13.0. The van der Waals surface area contributed by atoms with Crippen molar-refractivity contribution in [2.45, 2.75) is 25.9 Å². The monoisotopic (exact) mass is 305 g/mol. The number of thiazole rings is 1. The van der Waals surface area contributed by atoms with E-state index < -0.39 is 6.10 Å². The third-order valence-corrected chi connectivity index (χ3v) is 4.65. The lowest BCUT2D eigenvalue weighted by molar-refractivity contribution is 0.117. The molecule has 2 N–H and O–H groups in total. The van der Waals surface area contributed by atoms with Crippen LogP contribution in [0, 0.1) is 12.8 Å². The lowest BCUT2D eigenvalue weighted by Gasteiger charge is -2.21. The Balaban J connectivity index is 1.64. The average Bonchev–Trinajstić information content (AvgIpc) is 3.20. The number of anilines is 1. The van der Waals surface area contributed by atoms with E-state index in [1.54, 1.807) is 18.4 Å². The van der Waals surface area contributed by atoms with E-state index in [1.165, 1.54) is 4.90 Å². The van der Waals surface area contributed by atoms with Gasteiger partial charge in [-0.25, -0.2) is 9.78 Å². The molecule has 1 heterocycles. The summed E-state index contributed by atoms with van der Waals surface area (Å²) in [5, 5.41) is 13.8. The number of aliphatic hydroxyl groups excluding tert-OH is 1. The molecule has 1 atom stereocenters. The lowest BCUT2D eigenvalue weighted by atomic mass is 10.2. The molecule has 0 aliphatic heterocycles. The van der Waals surface area contributed by atoms with Crippen molar-refractivity contribution in [3.8, 4) is 0 Å². The number of rotatable bonds is 4. The molecular formula is C15H19N3O2S. The van der Waals surface area contributed by atoms with E-state index in [-0.39, 0.29) is 6.03 Å². The number of benzene rings is 1. The van der Waals surface area contributed by atoms with E-state index in [2.05, 4.69) is 10.3 Å². The van der Waals surface area contributed by atoms with Crippen molar-refractivity contribution in [3.63, 3.8) is 0 Å². The van der Waals surface area contributed by atoms with Gasteiger partial charge in [-0.05, 0) is 43.9 Å². The minimum absolute atomic E-state index is 0.199. The first-order chi connectivity index (χ1) is 10.0. The van der Waals surface area contributed by atoms with Gasteiger partial charge in [-0.3, -0.25) is 0 Å². The van der Waals surface area contributed by atoms with E-state index in [0.717, 1.165) is 33.8 Å². The highest BCUT2D eigenvalue weighted by Crippen LogP contribution is 2.32. The normalized spacial score (nSPS) is 16.0. The number of urea groups is 1. The van der Waals surface area contributed by atoms with Crippen LogP contribution in [0.25, 0.3) is 10.2 Å². The minimum Gasteiger partial charge on any atom is -0.391 e. The molecule has 1 aromatic heterocycles. The summed E-state index contributed by atoms with van der Waals surface area (Å²) in [5.74, 6) is 0.372. The molecule has 3 rings (SSSR count). The number of carbonyl (C=O) groups is 1. The van der Waals surface area contributed by atoms with Crippen LogP contribution < -0.4 is 5.32 Å². The van der Waals surface area contributed by atoms with Crippen molar-refractivity contribution in [2.24, 2.45) is 5.92 Å². The molecule has 0 saturated heterocycles. The summed E-state index contributed by atoms with van der Waals surface area (Å²) in [6.45, 7) is 2.34. The Morgan fingerprint density at radius 2 is 2.33 bits per heavy atom. The maximum absolute atomic E-state index is 12.1. The van der Waals surface area contributed by atoms with Crippen molar-refractivity contribution in [1.29, 1.82) is 0 Å². The highest BCUT2D eigenvalue weighted by atomic mass is 32.1. The molecule has 21 heavy (non-hydrogen) atoms. The van der Waals surface area contributed by atoms with Gasteiger partial charge in [0, 0.05) is 19.3 Å². The number of nitrogens with zero attached hydrogens (tertiary/aromatic N) is 2. The van der Waals surface area contributed by atoms with Crippen LogP contribution in [0.1, 0.15) is 17.8 Å². The van der Waals surface area contributed by atoms with E-state index >= 15 is 0 Å². The van der Waals surface area contributed by atoms with Gasteiger partial charge in [-0.2, -0.15) is 0 Å². The van der Waals surface area contributed by atoms with Crippen LogP contribution in [0.5, 0.6) is 0 Å². The quantitative estimate of drug-likeness (QED) is 0.913. The molecule has 2 aromatic rings. The van der Waals surface area contributed by atoms with E-state index in [4.69, 9.17) is 0 Å². The maximum Gasteiger partial charge on any atom is 0.321 e. The second-order valence-corrected chi connectivity index (χ2v) is 6.87. The van der Waals surface area contributed by atoms with Gasteiger partial charge < -0.3 is 15.3 Å². The number of aromatic nitrogens is 1. The van der Waals surface area contributed by atoms with Gasteiger partial charge in [-0.15, -0.1) is 11.3 Å². The molecule has 0 spiro atoms. The summed E-state index contributed by atoms with van der Waals surface area (Å²) in [6.07, 6.45) is 1.73. The van der Waals surface area contributed by atoms with Gasteiger partial charge in [0.25, 0.3) is 0 Å². The fraction of sp³-hybridized carbons (Fsp3) is 0.467. The Morgan fingerprint density at radius 1 is 1.57 bits per heavy atom. The van der Waals surface area contributed by atoms with E-state index in [9.17, 15) is 9.90 Å². The summed E-state index contributed by atoms with van der Waals surface area (Å²) in [6, 6.07) is 5.50. The Bertz CT molecular complexity index is 666. The molecule has 2 amide bonds. The van der Waals surface area contributed by atoms with Crippen LogP contribution in [0.15, 0.2) is 18.2 Å². The number of likely N-dealkylation sites (N-methyl/N-ethyl adjacent to an activating group) is 1. The Morgan fingerprint density at radius 3 is 3.05 bits per heavy atom. The van der Waals surface area contributed by atoms with Gasteiger partial charge in [0.2, 0.25) is 0 Å². The fourth-order valence-electron chi connectivity index (χ4n) is 2.33. The minimum atomic E-state index is -0.410. The topological polar surface area (TPSA) is 65.5 Å². The molecule has 1 aliphatic rings.